The first-order valence-electron chi connectivity index (χ1n) is 9.74. The number of nitrogens with zero attached hydrogens (tertiary/aromatic N) is 6. The predicted octanol–water partition coefficient (Wildman–Crippen LogP) is 3.06. The molecule has 1 saturated heterocycles. The lowest BCUT2D eigenvalue weighted by molar-refractivity contribution is 0.109. The van der Waals surface area contributed by atoms with Gasteiger partial charge in [-0.25, -0.2) is 9.97 Å². The summed E-state index contributed by atoms with van der Waals surface area (Å²) in [7, 11) is 1.64. The van der Waals surface area contributed by atoms with Gasteiger partial charge in [0.2, 0.25) is 5.89 Å². The van der Waals surface area contributed by atoms with E-state index < -0.39 is 0 Å². The molecule has 3 aromatic heterocycles. The van der Waals surface area contributed by atoms with Crippen LogP contribution >= 0.6 is 11.3 Å². The molecule has 0 amide bonds. The number of ether oxygens (including phenoxy) is 1. The van der Waals surface area contributed by atoms with Crippen LogP contribution in [0.5, 0.6) is 0 Å². The fraction of sp³-hybridized carbons (Fsp3) is 0.579. The molecule has 0 bridgehead atoms. The van der Waals surface area contributed by atoms with Gasteiger partial charge >= 0.3 is 0 Å². The van der Waals surface area contributed by atoms with Gasteiger partial charge in [-0.05, 0) is 25.8 Å². The summed E-state index contributed by atoms with van der Waals surface area (Å²) in [6.45, 7) is 8.57. The van der Waals surface area contributed by atoms with Crippen LogP contribution in [0.15, 0.2) is 16.9 Å². The summed E-state index contributed by atoms with van der Waals surface area (Å²) in [4.78, 5) is 20.7. The van der Waals surface area contributed by atoms with Crippen molar-refractivity contribution in [3.05, 3.63) is 29.0 Å². The molecule has 0 radical (unpaired) electrons. The molecule has 28 heavy (non-hydrogen) atoms. The summed E-state index contributed by atoms with van der Waals surface area (Å²) in [5.74, 6) is 2.29. The third-order valence-electron chi connectivity index (χ3n) is 5.16. The first kappa shape index (κ1) is 19.2. The van der Waals surface area contributed by atoms with Crippen LogP contribution in [-0.4, -0.2) is 58.3 Å². The average molecular weight is 403 g/mol. The number of aromatic nitrogens is 4. The zero-order valence-electron chi connectivity index (χ0n) is 16.6. The van der Waals surface area contributed by atoms with Gasteiger partial charge in [-0.2, -0.15) is 4.98 Å². The standard InChI is InChI=1S/C19H26N6O2S/c1-4-14-10-15-18(20-12-21-19(15)28-14)25-7-5-6-24(8-9-25)11-16-22-17(23-27-16)13(2)26-3/h10,12-13H,4-9,11H2,1-3H3. The summed E-state index contributed by atoms with van der Waals surface area (Å²) in [6.07, 6.45) is 3.62. The lowest BCUT2D eigenvalue weighted by atomic mass is 10.3. The minimum Gasteiger partial charge on any atom is -0.374 e. The zero-order valence-corrected chi connectivity index (χ0v) is 17.4. The Morgan fingerprint density at radius 2 is 2.14 bits per heavy atom. The number of hydrogen-bond donors (Lipinski definition) is 0. The van der Waals surface area contributed by atoms with E-state index >= 15 is 0 Å². The second-order valence-corrected chi connectivity index (χ2v) is 8.14. The summed E-state index contributed by atoms with van der Waals surface area (Å²) in [6, 6.07) is 2.24. The topological polar surface area (TPSA) is 80.4 Å². The van der Waals surface area contributed by atoms with Crippen LogP contribution in [0.4, 0.5) is 5.82 Å². The maximum Gasteiger partial charge on any atom is 0.240 e. The van der Waals surface area contributed by atoms with Crippen molar-refractivity contribution in [3.63, 3.8) is 0 Å². The van der Waals surface area contributed by atoms with Crippen molar-refractivity contribution in [1.29, 1.82) is 0 Å². The van der Waals surface area contributed by atoms with Gasteiger partial charge in [-0.15, -0.1) is 11.3 Å². The van der Waals surface area contributed by atoms with Crippen LogP contribution in [0.3, 0.4) is 0 Å². The first-order valence-corrected chi connectivity index (χ1v) is 10.6. The van der Waals surface area contributed by atoms with Gasteiger partial charge in [0.25, 0.3) is 0 Å². The second kappa shape index (κ2) is 8.50. The minimum atomic E-state index is -0.157. The Hall–Kier alpha value is -2.10. The van der Waals surface area contributed by atoms with Crippen LogP contribution < -0.4 is 4.90 Å². The van der Waals surface area contributed by atoms with E-state index in [2.05, 4.69) is 42.9 Å². The van der Waals surface area contributed by atoms with E-state index in [0.717, 1.165) is 49.7 Å². The van der Waals surface area contributed by atoms with Gasteiger partial charge in [0, 0.05) is 38.2 Å². The quantitative estimate of drug-likeness (QED) is 0.622. The van der Waals surface area contributed by atoms with Gasteiger partial charge in [-0.1, -0.05) is 12.1 Å². The Labute approximate surface area is 168 Å². The fourth-order valence-electron chi connectivity index (χ4n) is 3.45. The van der Waals surface area contributed by atoms with Crippen LogP contribution in [0, 0.1) is 0 Å². The molecule has 150 valence electrons. The summed E-state index contributed by atoms with van der Waals surface area (Å²) in [5, 5.41) is 5.19. The highest BCUT2D eigenvalue weighted by Gasteiger charge is 2.21. The lowest BCUT2D eigenvalue weighted by Gasteiger charge is -2.22. The van der Waals surface area contributed by atoms with Gasteiger partial charge in [0.1, 0.15) is 23.1 Å². The highest BCUT2D eigenvalue weighted by Crippen LogP contribution is 2.31. The van der Waals surface area contributed by atoms with Crippen molar-refractivity contribution in [2.24, 2.45) is 0 Å². The van der Waals surface area contributed by atoms with Crippen molar-refractivity contribution in [2.45, 2.75) is 39.3 Å². The summed E-state index contributed by atoms with van der Waals surface area (Å²) >= 11 is 1.76. The number of hydrogen-bond acceptors (Lipinski definition) is 9. The normalized spacial score (nSPS) is 17.2. The van der Waals surface area contributed by atoms with Gasteiger partial charge in [0.05, 0.1) is 11.9 Å². The molecule has 0 saturated carbocycles. The summed E-state index contributed by atoms with van der Waals surface area (Å²) in [5.41, 5.74) is 0. The molecule has 4 heterocycles. The number of aryl methyl sites for hydroxylation is 1. The molecule has 0 aliphatic carbocycles. The maximum absolute atomic E-state index is 5.40. The maximum atomic E-state index is 5.40. The highest BCUT2D eigenvalue weighted by atomic mass is 32.1. The Morgan fingerprint density at radius 1 is 1.25 bits per heavy atom. The van der Waals surface area contributed by atoms with E-state index in [9.17, 15) is 0 Å². The predicted molar refractivity (Wildman–Crippen MR) is 109 cm³/mol. The average Bonchev–Trinajstić information content (AvgIpc) is 3.29. The first-order chi connectivity index (χ1) is 13.7. The van der Waals surface area contributed by atoms with E-state index in [1.54, 1.807) is 24.8 Å². The molecule has 3 aromatic rings. The van der Waals surface area contributed by atoms with Crippen LogP contribution in [0.1, 0.15) is 43.0 Å². The molecule has 8 nitrogen and oxygen atoms in total. The smallest absolute Gasteiger partial charge is 0.240 e. The molecule has 9 heteroatoms. The van der Waals surface area contributed by atoms with Crippen LogP contribution in [0.2, 0.25) is 0 Å². The van der Waals surface area contributed by atoms with E-state index in [4.69, 9.17) is 9.26 Å². The third kappa shape index (κ3) is 4.01. The van der Waals surface area contributed by atoms with Crippen LogP contribution in [0.25, 0.3) is 10.2 Å². The number of rotatable bonds is 6. The molecule has 1 aliphatic heterocycles. The van der Waals surface area contributed by atoms with E-state index in [0.29, 0.717) is 18.3 Å². The van der Waals surface area contributed by atoms with E-state index in [1.807, 2.05) is 6.92 Å². The largest absolute Gasteiger partial charge is 0.374 e. The molecule has 0 spiro atoms. The van der Waals surface area contributed by atoms with Crippen molar-refractivity contribution in [2.75, 3.05) is 38.2 Å². The van der Waals surface area contributed by atoms with Gasteiger partial charge in [-0.3, -0.25) is 4.90 Å². The molecule has 1 aliphatic rings. The number of methoxy groups -OCH3 is 1. The Kier molecular flexibility index (Phi) is 5.84. The third-order valence-corrected chi connectivity index (χ3v) is 6.34. The molecule has 0 N–H and O–H groups in total. The highest BCUT2D eigenvalue weighted by molar-refractivity contribution is 7.18. The minimum absolute atomic E-state index is 0.157. The van der Waals surface area contributed by atoms with Crippen molar-refractivity contribution in [3.8, 4) is 0 Å². The molecule has 4 rings (SSSR count). The van der Waals surface area contributed by atoms with Gasteiger partial charge in [0.15, 0.2) is 5.82 Å². The van der Waals surface area contributed by atoms with Crippen LogP contribution in [-0.2, 0) is 17.7 Å². The Balaban J connectivity index is 1.44. The van der Waals surface area contributed by atoms with Crippen molar-refractivity contribution >= 4 is 27.4 Å². The second-order valence-electron chi connectivity index (χ2n) is 7.02. The van der Waals surface area contributed by atoms with E-state index in [1.165, 1.54) is 10.3 Å². The molecule has 0 aromatic carbocycles. The fourth-order valence-corrected chi connectivity index (χ4v) is 4.38. The van der Waals surface area contributed by atoms with E-state index in [-0.39, 0.29) is 6.10 Å². The lowest BCUT2D eigenvalue weighted by Crippen LogP contribution is -2.31. The molecule has 1 unspecified atom stereocenters. The molecule has 1 atom stereocenters. The summed E-state index contributed by atoms with van der Waals surface area (Å²) < 4.78 is 10.7. The molecule has 1 fully saturated rings. The molecular weight excluding hydrogens is 376 g/mol. The van der Waals surface area contributed by atoms with Crippen molar-refractivity contribution < 1.29 is 9.26 Å². The molecular formula is C19H26N6O2S. The number of thiophene rings is 1. The number of anilines is 1. The Bertz CT molecular complexity index is 926. The van der Waals surface area contributed by atoms with Crippen molar-refractivity contribution in [1.82, 2.24) is 25.0 Å². The monoisotopic (exact) mass is 402 g/mol. The van der Waals surface area contributed by atoms with Gasteiger partial charge < -0.3 is 14.2 Å². The SMILES string of the molecule is CCc1cc2c(N3CCCN(Cc4nc(C(C)OC)no4)CC3)ncnc2s1. The number of fused-ring (bicyclic) bond motifs is 1. The Morgan fingerprint density at radius 3 is 2.96 bits per heavy atom. The zero-order chi connectivity index (χ0) is 19.5.